The molecule has 29 heavy (non-hydrogen) atoms. The Labute approximate surface area is 176 Å². The molecule has 0 saturated heterocycles. The SMILES string of the molecule is COc1cc2c(cc1OC)C(/C(=C\c1ccc(Cl)cc1)c1ccccc1)=NCC2. The first-order chi connectivity index (χ1) is 14.2. The normalized spacial score (nSPS) is 13.5. The van der Waals surface area contributed by atoms with E-state index in [2.05, 4.69) is 24.3 Å². The Morgan fingerprint density at radius 1 is 0.931 bits per heavy atom. The van der Waals surface area contributed by atoms with E-state index in [4.69, 9.17) is 26.1 Å². The summed E-state index contributed by atoms with van der Waals surface area (Å²) in [5.74, 6) is 1.45. The van der Waals surface area contributed by atoms with Crippen LogP contribution in [0.15, 0.2) is 71.7 Å². The van der Waals surface area contributed by atoms with E-state index in [0.29, 0.717) is 5.75 Å². The highest BCUT2D eigenvalue weighted by Crippen LogP contribution is 2.35. The maximum Gasteiger partial charge on any atom is 0.161 e. The molecule has 0 unspecified atom stereocenters. The molecule has 0 bridgehead atoms. The van der Waals surface area contributed by atoms with Gasteiger partial charge in [-0.3, -0.25) is 4.99 Å². The van der Waals surface area contributed by atoms with Gasteiger partial charge in [0.1, 0.15) is 0 Å². The van der Waals surface area contributed by atoms with E-state index in [9.17, 15) is 0 Å². The molecule has 1 heterocycles. The number of allylic oxidation sites excluding steroid dienone is 1. The Kier molecular flexibility index (Phi) is 5.68. The predicted molar refractivity (Wildman–Crippen MR) is 120 cm³/mol. The molecule has 0 aromatic heterocycles. The van der Waals surface area contributed by atoms with Gasteiger partial charge in [-0.2, -0.15) is 0 Å². The van der Waals surface area contributed by atoms with Crippen LogP contribution in [0.25, 0.3) is 11.6 Å². The van der Waals surface area contributed by atoms with Crippen molar-refractivity contribution in [2.24, 2.45) is 4.99 Å². The molecule has 0 fully saturated rings. The van der Waals surface area contributed by atoms with E-state index < -0.39 is 0 Å². The van der Waals surface area contributed by atoms with Gasteiger partial charge in [0.05, 0.1) is 19.9 Å². The van der Waals surface area contributed by atoms with Crippen LogP contribution in [-0.2, 0) is 6.42 Å². The Balaban J connectivity index is 1.88. The van der Waals surface area contributed by atoms with Crippen LogP contribution >= 0.6 is 11.6 Å². The van der Waals surface area contributed by atoms with Crippen LogP contribution in [0.4, 0.5) is 0 Å². The van der Waals surface area contributed by atoms with Gasteiger partial charge in [-0.1, -0.05) is 54.1 Å². The molecular weight excluding hydrogens is 382 g/mol. The van der Waals surface area contributed by atoms with E-state index in [0.717, 1.165) is 51.7 Å². The van der Waals surface area contributed by atoms with Crippen molar-refractivity contribution in [3.63, 3.8) is 0 Å². The van der Waals surface area contributed by atoms with Crippen LogP contribution in [0.2, 0.25) is 5.02 Å². The topological polar surface area (TPSA) is 30.8 Å². The number of fused-ring (bicyclic) bond motifs is 1. The van der Waals surface area contributed by atoms with Crippen molar-refractivity contribution in [2.45, 2.75) is 6.42 Å². The number of rotatable bonds is 5. The van der Waals surface area contributed by atoms with Crippen molar-refractivity contribution in [3.05, 3.63) is 94.0 Å². The Bertz CT molecular complexity index is 1070. The first-order valence-electron chi connectivity index (χ1n) is 9.52. The van der Waals surface area contributed by atoms with E-state index in [1.54, 1.807) is 14.2 Å². The van der Waals surface area contributed by atoms with Gasteiger partial charge in [-0.15, -0.1) is 0 Å². The van der Waals surface area contributed by atoms with E-state index in [1.165, 1.54) is 5.56 Å². The summed E-state index contributed by atoms with van der Waals surface area (Å²) in [7, 11) is 3.32. The van der Waals surface area contributed by atoms with Gasteiger partial charge in [0.15, 0.2) is 11.5 Å². The minimum atomic E-state index is 0.708. The van der Waals surface area contributed by atoms with Crippen molar-refractivity contribution in [3.8, 4) is 11.5 Å². The fraction of sp³-hybridized carbons (Fsp3) is 0.160. The Hall–Kier alpha value is -3.04. The number of methoxy groups -OCH3 is 2. The third-order valence-corrected chi connectivity index (χ3v) is 5.29. The summed E-state index contributed by atoms with van der Waals surface area (Å²) in [6, 6.07) is 22.3. The summed E-state index contributed by atoms with van der Waals surface area (Å²) >= 11 is 6.07. The van der Waals surface area contributed by atoms with Gasteiger partial charge in [-0.05, 0) is 53.5 Å². The standard InChI is InChI=1S/C25H22ClNO2/c1-28-23-15-19-12-13-27-25(22(19)16-24(23)29-2)21(18-6-4-3-5-7-18)14-17-8-10-20(26)11-9-17/h3-11,14-16H,12-13H2,1-2H3/b21-14-. The molecule has 0 atom stereocenters. The predicted octanol–water partition coefficient (Wildman–Crippen LogP) is 5.94. The van der Waals surface area contributed by atoms with Gasteiger partial charge in [-0.25, -0.2) is 0 Å². The van der Waals surface area contributed by atoms with Crippen LogP contribution in [0.1, 0.15) is 22.3 Å². The lowest BCUT2D eigenvalue weighted by molar-refractivity contribution is 0.354. The van der Waals surface area contributed by atoms with Crippen molar-refractivity contribution in [2.75, 3.05) is 20.8 Å². The minimum Gasteiger partial charge on any atom is -0.493 e. The first kappa shape index (κ1) is 19.3. The smallest absolute Gasteiger partial charge is 0.161 e. The molecule has 1 aliphatic rings. The molecule has 3 aromatic carbocycles. The summed E-state index contributed by atoms with van der Waals surface area (Å²) in [5, 5.41) is 0.723. The van der Waals surface area contributed by atoms with Crippen LogP contribution in [0.3, 0.4) is 0 Å². The van der Waals surface area contributed by atoms with E-state index in [-0.39, 0.29) is 0 Å². The number of aliphatic imine (C=N–C) groups is 1. The number of halogens is 1. The lowest BCUT2D eigenvalue weighted by Gasteiger charge is -2.22. The lowest BCUT2D eigenvalue weighted by Crippen LogP contribution is -2.15. The summed E-state index contributed by atoms with van der Waals surface area (Å²) in [6.07, 6.45) is 3.04. The molecule has 0 aliphatic carbocycles. The Morgan fingerprint density at radius 2 is 1.62 bits per heavy atom. The molecule has 4 rings (SSSR count). The number of nitrogens with zero attached hydrogens (tertiary/aromatic N) is 1. The minimum absolute atomic E-state index is 0.708. The van der Waals surface area contributed by atoms with Gasteiger partial charge in [0.25, 0.3) is 0 Å². The number of hydrogen-bond acceptors (Lipinski definition) is 3. The molecule has 146 valence electrons. The molecule has 3 aromatic rings. The average molecular weight is 404 g/mol. The highest BCUT2D eigenvalue weighted by atomic mass is 35.5. The van der Waals surface area contributed by atoms with E-state index in [1.807, 2.05) is 48.5 Å². The molecule has 1 aliphatic heterocycles. The van der Waals surface area contributed by atoms with Crippen molar-refractivity contribution in [1.82, 2.24) is 0 Å². The quantitative estimate of drug-likeness (QED) is 0.493. The van der Waals surface area contributed by atoms with Crippen molar-refractivity contribution >= 4 is 29.0 Å². The van der Waals surface area contributed by atoms with Crippen LogP contribution in [-0.4, -0.2) is 26.5 Å². The van der Waals surface area contributed by atoms with E-state index >= 15 is 0 Å². The zero-order chi connectivity index (χ0) is 20.2. The zero-order valence-electron chi connectivity index (χ0n) is 16.5. The van der Waals surface area contributed by atoms with Gasteiger partial charge >= 0.3 is 0 Å². The zero-order valence-corrected chi connectivity index (χ0v) is 17.2. The molecule has 4 heteroatoms. The molecular formula is C25H22ClNO2. The number of hydrogen-bond donors (Lipinski definition) is 0. The van der Waals surface area contributed by atoms with Crippen molar-refractivity contribution < 1.29 is 9.47 Å². The van der Waals surface area contributed by atoms with Crippen molar-refractivity contribution in [1.29, 1.82) is 0 Å². The maximum absolute atomic E-state index is 6.07. The second kappa shape index (κ2) is 8.54. The largest absolute Gasteiger partial charge is 0.493 e. The number of benzene rings is 3. The molecule has 0 spiro atoms. The summed E-state index contributed by atoms with van der Waals surface area (Å²) < 4.78 is 11.1. The molecule has 0 saturated carbocycles. The lowest BCUT2D eigenvalue weighted by atomic mass is 9.88. The summed E-state index contributed by atoms with van der Waals surface area (Å²) in [4.78, 5) is 4.92. The first-order valence-corrected chi connectivity index (χ1v) is 9.90. The van der Waals surface area contributed by atoms with Crippen LogP contribution in [0.5, 0.6) is 11.5 Å². The van der Waals surface area contributed by atoms with Gasteiger partial charge < -0.3 is 9.47 Å². The summed E-state index contributed by atoms with van der Waals surface area (Å²) in [6.45, 7) is 0.739. The average Bonchev–Trinajstić information content (AvgIpc) is 2.78. The molecule has 0 N–H and O–H groups in total. The fourth-order valence-electron chi connectivity index (χ4n) is 3.58. The second-order valence-electron chi connectivity index (χ2n) is 6.82. The summed E-state index contributed by atoms with van der Waals surface area (Å²) in [5.41, 5.74) is 6.52. The molecule has 0 radical (unpaired) electrons. The van der Waals surface area contributed by atoms with Crippen LogP contribution < -0.4 is 9.47 Å². The fourth-order valence-corrected chi connectivity index (χ4v) is 3.71. The highest BCUT2D eigenvalue weighted by molar-refractivity contribution is 6.36. The Morgan fingerprint density at radius 3 is 2.31 bits per heavy atom. The van der Waals surface area contributed by atoms with Crippen LogP contribution in [0, 0.1) is 0 Å². The third-order valence-electron chi connectivity index (χ3n) is 5.04. The second-order valence-corrected chi connectivity index (χ2v) is 7.26. The molecule has 0 amide bonds. The number of ether oxygens (including phenoxy) is 2. The monoisotopic (exact) mass is 403 g/mol. The maximum atomic E-state index is 6.07. The van der Waals surface area contributed by atoms with Gasteiger partial charge in [0, 0.05) is 22.7 Å². The third kappa shape index (κ3) is 4.06. The highest BCUT2D eigenvalue weighted by Gasteiger charge is 2.22. The molecule has 3 nitrogen and oxygen atoms in total. The van der Waals surface area contributed by atoms with Gasteiger partial charge in [0.2, 0.25) is 0 Å².